The van der Waals surface area contributed by atoms with Crippen molar-refractivity contribution in [2.75, 3.05) is 5.75 Å². The predicted octanol–water partition coefficient (Wildman–Crippen LogP) is 2.08. The Morgan fingerprint density at radius 2 is 2.29 bits per heavy atom. The molecule has 3 N–H and O–H groups in total. The minimum absolute atomic E-state index is 0.416. The van der Waals surface area contributed by atoms with E-state index in [1.165, 1.54) is 11.8 Å². The van der Waals surface area contributed by atoms with Gasteiger partial charge in [0.25, 0.3) is 0 Å². The van der Waals surface area contributed by atoms with Crippen molar-refractivity contribution in [3.63, 3.8) is 0 Å². The Bertz CT molecular complexity index is 615. The Labute approximate surface area is 126 Å². The summed E-state index contributed by atoms with van der Waals surface area (Å²) < 4.78 is 5.59. The van der Waals surface area contributed by atoms with Crippen molar-refractivity contribution in [1.29, 1.82) is 0 Å². The number of rotatable bonds is 7. The summed E-state index contributed by atoms with van der Waals surface area (Å²) in [6, 6.07) is 7.03. The molecule has 0 aliphatic rings. The van der Waals surface area contributed by atoms with Crippen LogP contribution in [0.25, 0.3) is 11.5 Å². The van der Waals surface area contributed by atoms with Crippen LogP contribution in [0, 0.1) is 6.92 Å². The lowest BCUT2D eigenvalue weighted by Crippen LogP contribution is -2.30. The highest BCUT2D eigenvalue weighted by atomic mass is 32.2. The highest BCUT2D eigenvalue weighted by molar-refractivity contribution is 7.98. The van der Waals surface area contributed by atoms with E-state index in [2.05, 4.69) is 10.2 Å². The van der Waals surface area contributed by atoms with Crippen LogP contribution < -0.4 is 5.73 Å². The van der Waals surface area contributed by atoms with E-state index in [9.17, 15) is 4.79 Å². The minimum Gasteiger partial charge on any atom is -0.480 e. The summed E-state index contributed by atoms with van der Waals surface area (Å²) in [5.74, 6) is 1.23. The van der Waals surface area contributed by atoms with Crippen LogP contribution in [0.1, 0.15) is 17.9 Å². The Hall–Kier alpha value is -1.86. The molecule has 6 nitrogen and oxygen atoms in total. The molecule has 7 heteroatoms. The highest BCUT2D eigenvalue weighted by Crippen LogP contribution is 2.21. The molecule has 0 saturated carbocycles. The van der Waals surface area contributed by atoms with Gasteiger partial charge in [-0.1, -0.05) is 17.7 Å². The number of thioether (sulfide) groups is 1. The molecule has 112 valence electrons. The summed E-state index contributed by atoms with van der Waals surface area (Å²) in [6.07, 6.45) is 0.416. The van der Waals surface area contributed by atoms with Crippen molar-refractivity contribution in [2.24, 2.45) is 5.73 Å². The third-order valence-corrected chi connectivity index (χ3v) is 3.82. The molecule has 0 fully saturated rings. The average molecular weight is 307 g/mol. The Morgan fingerprint density at radius 1 is 1.48 bits per heavy atom. The largest absolute Gasteiger partial charge is 0.480 e. The summed E-state index contributed by atoms with van der Waals surface area (Å²) in [6.45, 7) is 2.00. The third kappa shape index (κ3) is 4.57. The maximum atomic E-state index is 10.6. The maximum absolute atomic E-state index is 10.6. The van der Waals surface area contributed by atoms with Gasteiger partial charge in [0.15, 0.2) is 0 Å². The standard InChI is InChI=1S/C14H17N3O3S/c1-9-3-2-4-10(7-9)13-17-16-12(20-13)8-21-6-5-11(15)14(18)19/h2-4,7,11H,5-6,8,15H2,1H3,(H,18,19). The fourth-order valence-corrected chi connectivity index (χ4v) is 2.56. The molecular weight excluding hydrogens is 290 g/mol. The van der Waals surface area contributed by atoms with E-state index in [1.54, 1.807) is 0 Å². The first-order valence-electron chi connectivity index (χ1n) is 6.52. The van der Waals surface area contributed by atoms with Crippen molar-refractivity contribution in [2.45, 2.75) is 25.1 Å². The van der Waals surface area contributed by atoms with E-state index in [1.807, 2.05) is 31.2 Å². The van der Waals surface area contributed by atoms with Crippen molar-refractivity contribution in [1.82, 2.24) is 10.2 Å². The van der Waals surface area contributed by atoms with Crippen LogP contribution in [0.3, 0.4) is 0 Å². The molecule has 2 aromatic rings. The molecule has 1 aromatic carbocycles. The number of benzene rings is 1. The van der Waals surface area contributed by atoms with Gasteiger partial charge in [-0.2, -0.15) is 11.8 Å². The van der Waals surface area contributed by atoms with Crippen LogP contribution in [-0.4, -0.2) is 33.1 Å². The first-order valence-corrected chi connectivity index (χ1v) is 7.67. The van der Waals surface area contributed by atoms with E-state index in [0.29, 0.717) is 29.7 Å². The zero-order chi connectivity index (χ0) is 15.2. The molecule has 0 bridgehead atoms. The average Bonchev–Trinajstić information content (AvgIpc) is 2.92. The van der Waals surface area contributed by atoms with Gasteiger partial charge in [0, 0.05) is 5.56 Å². The molecule has 0 radical (unpaired) electrons. The second-order valence-corrected chi connectivity index (χ2v) is 5.76. The summed E-state index contributed by atoms with van der Waals surface area (Å²) >= 11 is 1.52. The monoisotopic (exact) mass is 307 g/mol. The molecule has 0 spiro atoms. The molecule has 0 aliphatic carbocycles. The minimum atomic E-state index is -0.977. The molecule has 0 saturated heterocycles. The fourth-order valence-electron chi connectivity index (χ4n) is 1.70. The third-order valence-electron chi connectivity index (χ3n) is 2.85. The van der Waals surface area contributed by atoms with Crippen LogP contribution in [0.2, 0.25) is 0 Å². The smallest absolute Gasteiger partial charge is 0.320 e. The number of nitrogens with zero attached hydrogens (tertiary/aromatic N) is 2. The summed E-state index contributed by atoms with van der Waals surface area (Å²) in [4.78, 5) is 10.6. The molecule has 0 aliphatic heterocycles. The molecule has 1 atom stereocenters. The van der Waals surface area contributed by atoms with E-state index < -0.39 is 12.0 Å². The van der Waals surface area contributed by atoms with E-state index in [0.717, 1.165) is 11.1 Å². The van der Waals surface area contributed by atoms with Gasteiger partial charge >= 0.3 is 5.97 Å². The normalized spacial score (nSPS) is 12.3. The molecule has 0 amide bonds. The molecule has 2 rings (SSSR count). The summed E-state index contributed by atoms with van der Waals surface area (Å²) in [7, 11) is 0. The maximum Gasteiger partial charge on any atom is 0.320 e. The van der Waals surface area contributed by atoms with Crippen LogP contribution in [0.5, 0.6) is 0 Å². The molecule has 1 unspecified atom stereocenters. The molecule has 1 aromatic heterocycles. The first-order chi connectivity index (χ1) is 10.1. The van der Waals surface area contributed by atoms with Crippen molar-refractivity contribution >= 4 is 17.7 Å². The zero-order valence-electron chi connectivity index (χ0n) is 11.7. The van der Waals surface area contributed by atoms with Gasteiger partial charge in [-0.3, -0.25) is 4.79 Å². The van der Waals surface area contributed by atoms with E-state index in [-0.39, 0.29) is 0 Å². The van der Waals surface area contributed by atoms with Gasteiger partial charge in [0.05, 0.1) is 5.75 Å². The quantitative estimate of drug-likeness (QED) is 0.755. The number of carbonyl (C=O) groups is 1. The molecular formula is C14H17N3O3S. The number of hydrogen-bond acceptors (Lipinski definition) is 6. The van der Waals surface area contributed by atoms with Crippen LogP contribution >= 0.6 is 11.8 Å². The second-order valence-electron chi connectivity index (χ2n) is 4.66. The zero-order valence-corrected chi connectivity index (χ0v) is 12.5. The first kappa shape index (κ1) is 15.5. The summed E-state index contributed by atoms with van der Waals surface area (Å²) in [5, 5.41) is 16.7. The van der Waals surface area contributed by atoms with Gasteiger partial charge in [0.2, 0.25) is 11.8 Å². The van der Waals surface area contributed by atoms with Gasteiger partial charge in [0.1, 0.15) is 6.04 Å². The number of aromatic nitrogens is 2. The van der Waals surface area contributed by atoms with Gasteiger partial charge in [-0.05, 0) is 31.2 Å². The number of carboxylic acids is 1. The Balaban J connectivity index is 1.85. The van der Waals surface area contributed by atoms with Crippen molar-refractivity contribution < 1.29 is 14.3 Å². The topological polar surface area (TPSA) is 102 Å². The molecule has 21 heavy (non-hydrogen) atoms. The summed E-state index contributed by atoms with van der Waals surface area (Å²) in [5.41, 5.74) is 7.45. The Morgan fingerprint density at radius 3 is 3.00 bits per heavy atom. The number of hydrogen-bond donors (Lipinski definition) is 2. The number of aryl methyl sites for hydroxylation is 1. The van der Waals surface area contributed by atoms with Crippen LogP contribution in [0.15, 0.2) is 28.7 Å². The van der Waals surface area contributed by atoms with E-state index in [4.69, 9.17) is 15.3 Å². The van der Waals surface area contributed by atoms with Crippen LogP contribution in [0.4, 0.5) is 0 Å². The fraction of sp³-hybridized carbons (Fsp3) is 0.357. The van der Waals surface area contributed by atoms with Gasteiger partial charge in [-0.25, -0.2) is 0 Å². The second kappa shape index (κ2) is 7.24. The van der Waals surface area contributed by atoms with Crippen LogP contribution in [-0.2, 0) is 10.5 Å². The SMILES string of the molecule is Cc1cccc(-c2nnc(CSCCC(N)C(=O)O)o2)c1. The lowest BCUT2D eigenvalue weighted by atomic mass is 10.1. The number of carboxylic acid groups (broad SMARTS) is 1. The Kier molecular flexibility index (Phi) is 5.35. The van der Waals surface area contributed by atoms with Gasteiger partial charge < -0.3 is 15.3 Å². The predicted molar refractivity (Wildman–Crippen MR) is 80.9 cm³/mol. The number of nitrogens with two attached hydrogens (primary N) is 1. The molecule has 1 heterocycles. The lowest BCUT2D eigenvalue weighted by molar-refractivity contribution is -0.138. The van der Waals surface area contributed by atoms with Crippen molar-refractivity contribution in [3.05, 3.63) is 35.7 Å². The van der Waals surface area contributed by atoms with Gasteiger partial charge in [-0.15, -0.1) is 10.2 Å². The van der Waals surface area contributed by atoms with Crippen molar-refractivity contribution in [3.8, 4) is 11.5 Å². The van der Waals surface area contributed by atoms with E-state index >= 15 is 0 Å². The number of aliphatic carboxylic acids is 1. The lowest BCUT2D eigenvalue weighted by Gasteiger charge is -2.04. The highest BCUT2D eigenvalue weighted by Gasteiger charge is 2.12.